The molecule has 1 atom stereocenters. The number of carbonyl (C=O) groups excluding carboxylic acids is 3. The van der Waals surface area contributed by atoms with Gasteiger partial charge in [0.2, 0.25) is 17.7 Å². The number of carbonyl (C=O) groups is 3. The molecule has 2 aromatic carbocycles. The van der Waals surface area contributed by atoms with E-state index in [-0.39, 0.29) is 37.9 Å². The lowest BCUT2D eigenvalue weighted by atomic mass is 10.1. The largest absolute Gasteiger partial charge is 0.416 e. The summed E-state index contributed by atoms with van der Waals surface area (Å²) in [5.74, 6) is 0.653. The van der Waals surface area contributed by atoms with Crippen LogP contribution >= 0.6 is 0 Å². The van der Waals surface area contributed by atoms with E-state index in [9.17, 15) is 27.6 Å². The Kier molecular flexibility index (Phi) is 7.07. The van der Waals surface area contributed by atoms with Crippen LogP contribution in [0.4, 0.5) is 18.9 Å². The second-order valence-electron chi connectivity index (χ2n) is 7.84. The van der Waals surface area contributed by atoms with Crippen molar-refractivity contribution in [2.45, 2.75) is 19.1 Å². The van der Waals surface area contributed by atoms with Gasteiger partial charge in [-0.3, -0.25) is 14.4 Å². The van der Waals surface area contributed by atoms with Crippen molar-refractivity contribution in [1.29, 1.82) is 0 Å². The van der Waals surface area contributed by atoms with Crippen molar-refractivity contribution in [2.75, 3.05) is 25.5 Å². The Hall–Kier alpha value is -3.80. The van der Waals surface area contributed by atoms with Crippen molar-refractivity contribution in [1.82, 2.24) is 9.80 Å². The molecule has 1 saturated heterocycles. The first-order valence-corrected chi connectivity index (χ1v) is 10.1. The smallest absolute Gasteiger partial charge is 0.338 e. The molecule has 3 rings (SSSR count). The van der Waals surface area contributed by atoms with Crippen LogP contribution < -0.4 is 5.32 Å². The molecule has 2 aromatic rings. The lowest BCUT2D eigenvalue weighted by Gasteiger charge is -2.21. The van der Waals surface area contributed by atoms with Gasteiger partial charge in [0.15, 0.2) is 0 Å². The minimum atomic E-state index is -4.48. The van der Waals surface area contributed by atoms with Crippen molar-refractivity contribution >= 4 is 23.4 Å². The maximum Gasteiger partial charge on any atom is 0.416 e. The number of alkyl halides is 3. The summed E-state index contributed by atoms with van der Waals surface area (Å²) in [4.78, 5) is 40.0. The maximum atomic E-state index is 12.9. The maximum absolute atomic E-state index is 12.9. The van der Waals surface area contributed by atoms with Gasteiger partial charge in [0.05, 0.1) is 18.0 Å². The molecule has 1 aliphatic rings. The standard InChI is InChI=1S/C24H22F3N3O3/c1-3-16-6-5-9-20(11-16)28-21(31)15-29(2)23(33)18-12-22(32)30(14-18)13-17-7-4-8-19(10-17)24(25,26)27/h1,4-11,18H,12-15H2,2H3,(H,28,31). The predicted molar refractivity (Wildman–Crippen MR) is 116 cm³/mol. The number of nitrogens with one attached hydrogen (secondary N) is 1. The van der Waals surface area contributed by atoms with Crippen LogP contribution in [0.3, 0.4) is 0 Å². The molecule has 1 aliphatic heterocycles. The third-order valence-corrected chi connectivity index (χ3v) is 5.26. The number of likely N-dealkylation sites (N-methyl/N-ethyl adjacent to an activating group) is 1. The Morgan fingerprint density at radius 3 is 2.64 bits per heavy atom. The molecule has 0 aliphatic carbocycles. The van der Waals surface area contributed by atoms with Crippen LogP contribution in [0.5, 0.6) is 0 Å². The van der Waals surface area contributed by atoms with Gasteiger partial charge in [0.1, 0.15) is 0 Å². The van der Waals surface area contributed by atoms with Crippen LogP contribution in [-0.4, -0.2) is 47.7 Å². The fourth-order valence-corrected chi connectivity index (χ4v) is 3.65. The van der Waals surface area contributed by atoms with E-state index in [0.717, 1.165) is 12.1 Å². The number of likely N-dealkylation sites (tertiary alicyclic amines) is 1. The lowest BCUT2D eigenvalue weighted by molar-refractivity contribution is -0.137. The van der Waals surface area contributed by atoms with Crippen molar-refractivity contribution < 1.29 is 27.6 Å². The first-order valence-electron chi connectivity index (χ1n) is 10.1. The average molecular weight is 457 g/mol. The first-order chi connectivity index (χ1) is 15.6. The number of hydrogen-bond acceptors (Lipinski definition) is 3. The molecule has 0 spiro atoms. The van der Waals surface area contributed by atoms with Crippen molar-refractivity contribution in [3.8, 4) is 12.3 Å². The van der Waals surface area contributed by atoms with Crippen LogP contribution in [0.25, 0.3) is 0 Å². The molecule has 1 heterocycles. The molecular weight excluding hydrogens is 435 g/mol. The minimum absolute atomic E-state index is 0.0255. The second-order valence-corrected chi connectivity index (χ2v) is 7.84. The van der Waals surface area contributed by atoms with Crippen molar-refractivity contribution in [3.63, 3.8) is 0 Å². The molecular formula is C24H22F3N3O3. The number of anilines is 1. The highest BCUT2D eigenvalue weighted by Gasteiger charge is 2.36. The van der Waals surface area contributed by atoms with Gasteiger partial charge in [-0.15, -0.1) is 6.42 Å². The SMILES string of the molecule is C#Cc1cccc(NC(=O)CN(C)C(=O)C2CC(=O)N(Cc3cccc(C(F)(F)F)c3)C2)c1. The molecule has 1 fully saturated rings. The average Bonchev–Trinajstić information content (AvgIpc) is 3.12. The lowest BCUT2D eigenvalue weighted by Crippen LogP contribution is -2.39. The van der Waals surface area contributed by atoms with Crippen LogP contribution in [0.1, 0.15) is 23.1 Å². The topological polar surface area (TPSA) is 69.7 Å². The first kappa shape index (κ1) is 23.9. The zero-order valence-corrected chi connectivity index (χ0v) is 17.9. The van der Waals surface area contributed by atoms with E-state index in [4.69, 9.17) is 6.42 Å². The molecule has 1 unspecified atom stereocenters. The summed E-state index contributed by atoms with van der Waals surface area (Å²) in [6, 6.07) is 11.5. The summed E-state index contributed by atoms with van der Waals surface area (Å²) in [5, 5.41) is 2.66. The summed E-state index contributed by atoms with van der Waals surface area (Å²) in [6.45, 7) is -0.177. The zero-order chi connectivity index (χ0) is 24.2. The highest BCUT2D eigenvalue weighted by Crippen LogP contribution is 2.30. The van der Waals surface area contributed by atoms with Gasteiger partial charge in [0.25, 0.3) is 0 Å². The minimum Gasteiger partial charge on any atom is -0.338 e. The van der Waals surface area contributed by atoms with Crippen LogP contribution in [0.2, 0.25) is 0 Å². The molecule has 0 aromatic heterocycles. The number of rotatable bonds is 6. The fourth-order valence-electron chi connectivity index (χ4n) is 3.65. The highest BCUT2D eigenvalue weighted by atomic mass is 19.4. The highest BCUT2D eigenvalue weighted by molar-refractivity contribution is 5.96. The van der Waals surface area contributed by atoms with Gasteiger partial charge in [0, 0.05) is 37.8 Å². The Bertz CT molecular complexity index is 1110. The molecule has 0 radical (unpaired) electrons. The Morgan fingerprint density at radius 1 is 1.21 bits per heavy atom. The Morgan fingerprint density at radius 2 is 1.94 bits per heavy atom. The van der Waals surface area contributed by atoms with Crippen LogP contribution in [-0.2, 0) is 27.1 Å². The van der Waals surface area contributed by atoms with Crippen molar-refractivity contribution in [2.24, 2.45) is 5.92 Å². The number of amides is 3. The number of hydrogen-bond donors (Lipinski definition) is 1. The third kappa shape index (κ3) is 6.13. The van der Waals surface area contributed by atoms with Gasteiger partial charge in [-0.05, 0) is 35.9 Å². The number of terminal acetylenes is 1. The van der Waals surface area contributed by atoms with E-state index in [1.165, 1.54) is 29.0 Å². The van der Waals surface area contributed by atoms with E-state index < -0.39 is 23.6 Å². The predicted octanol–water partition coefficient (Wildman–Crippen LogP) is 3.13. The Balaban J connectivity index is 1.57. The summed E-state index contributed by atoms with van der Waals surface area (Å²) in [7, 11) is 1.46. The van der Waals surface area contributed by atoms with Gasteiger partial charge < -0.3 is 15.1 Å². The van der Waals surface area contributed by atoms with Crippen molar-refractivity contribution in [3.05, 3.63) is 65.2 Å². The molecule has 3 amide bonds. The van der Waals surface area contributed by atoms with E-state index >= 15 is 0 Å². The zero-order valence-electron chi connectivity index (χ0n) is 17.9. The number of halogens is 3. The summed E-state index contributed by atoms with van der Waals surface area (Å²) < 4.78 is 38.8. The fraction of sp³-hybridized carbons (Fsp3) is 0.292. The van der Waals surface area contributed by atoms with Crippen LogP contribution in [0.15, 0.2) is 48.5 Å². The van der Waals surface area contributed by atoms with Crippen LogP contribution in [0, 0.1) is 18.3 Å². The quantitative estimate of drug-likeness (QED) is 0.678. The molecule has 1 N–H and O–H groups in total. The van der Waals surface area contributed by atoms with E-state index in [1.54, 1.807) is 24.3 Å². The molecule has 6 nitrogen and oxygen atoms in total. The Labute approximate surface area is 189 Å². The van der Waals surface area contributed by atoms with E-state index in [0.29, 0.717) is 16.8 Å². The second kappa shape index (κ2) is 9.77. The molecule has 33 heavy (non-hydrogen) atoms. The normalized spacial score (nSPS) is 15.8. The van der Waals surface area contributed by atoms with E-state index in [1.807, 2.05) is 0 Å². The van der Waals surface area contributed by atoms with Gasteiger partial charge in [-0.25, -0.2) is 0 Å². The summed E-state index contributed by atoms with van der Waals surface area (Å²) >= 11 is 0. The summed E-state index contributed by atoms with van der Waals surface area (Å²) in [5.41, 5.74) is 0.633. The van der Waals surface area contributed by atoms with Gasteiger partial charge in [-0.2, -0.15) is 13.2 Å². The van der Waals surface area contributed by atoms with E-state index in [2.05, 4.69) is 11.2 Å². The number of nitrogens with zero attached hydrogens (tertiary/aromatic N) is 2. The van der Waals surface area contributed by atoms with Gasteiger partial charge >= 0.3 is 6.18 Å². The third-order valence-electron chi connectivity index (χ3n) is 5.26. The van der Waals surface area contributed by atoms with Gasteiger partial charge in [-0.1, -0.05) is 24.1 Å². The molecule has 172 valence electrons. The molecule has 9 heteroatoms. The molecule has 0 bridgehead atoms. The monoisotopic (exact) mass is 457 g/mol. The molecule has 0 saturated carbocycles. The summed E-state index contributed by atoms with van der Waals surface area (Å²) in [6.07, 6.45) is 0.801. The number of benzene rings is 2.